The number of thiophene rings is 1. The van der Waals surface area contributed by atoms with Crippen LogP contribution in [0.5, 0.6) is 0 Å². The predicted octanol–water partition coefficient (Wildman–Crippen LogP) is 4.72. The van der Waals surface area contributed by atoms with Crippen molar-refractivity contribution in [3.05, 3.63) is 87.6 Å². The van der Waals surface area contributed by atoms with Gasteiger partial charge in [-0.3, -0.25) is 4.79 Å². The normalized spacial score (nSPS) is 13.9. The molecule has 0 bridgehead atoms. The SMILES string of the molecule is Cc1ccsc1CN(Cc1ccc(F)cc1)C(=O)CN(C1CC1)S(=O)(=O)c1ccc(F)cc1. The van der Waals surface area contributed by atoms with Crippen LogP contribution in [0.1, 0.15) is 28.8 Å². The Morgan fingerprint density at radius 3 is 2.12 bits per heavy atom. The van der Waals surface area contributed by atoms with Gasteiger partial charge >= 0.3 is 0 Å². The molecule has 9 heteroatoms. The zero-order chi connectivity index (χ0) is 23.6. The van der Waals surface area contributed by atoms with E-state index in [0.717, 1.165) is 28.1 Å². The lowest BCUT2D eigenvalue weighted by Crippen LogP contribution is -2.43. The van der Waals surface area contributed by atoms with Crippen molar-refractivity contribution in [2.75, 3.05) is 6.54 Å². The third-order valence-electron chi connectivity index (χ3n) is 5.61. The van der Waals surface area contributed by atoms with E-state index in [1.807, 2.05) is 18.4 Å². The number of carbonyl (C=O) groups is 1. The summed E-state index contributed by atoms with van der Waals surface area (Å²) in [7, 11) is -3.96. The van der Waals surface area contributed by atoms with E-state index < -0.39 is 15.8 Å². The number of aryl methyl sites for hydroxylation is 1. The van der Waals surface area contributed by atoms with Gasteiger partial charge in [0, 0.05) is 17.5 Å². The first-order valence-electron chi connectivity index (χ1n) is 10.6. The molecule has 0 spiro atoms. The van der Waals surface area contributed by atoms with Gasteiger partial charge in [-0.05, 0) is 78.7 Å². The molecule has 1 aliphatic rings. The van der Waals surface area contributed by atoms with Crippen molar-refractivity contribution in [1.82, 2.24) is 9.21 Å². The number of benzene rings is 2. The van der Waals surface area contributed by atoms with Gasteiger partial charge in [-0.25, -0.2) is 17.2 Å². The average Bonchev–Trinajstić information content (AvgIpc) is 3.55. The average molecular weight is 491 g/mol. The van der Waals surface area contributed by atoms with E-state index >= 15 is 0 Å². The molecule has 1 saturated carbocycles. The molecule has 0 aliphatic heterocycles. The Balaban J connectivity index is 1.59. The molecule has 0 saturated heterocycles. The van der Waals surface area contributed by atoms with Gasteiger partial charge in [0.15, 0.2) is 0 Å². The Morgan fingerprint density at radius 2 is 1.58 bits per heavy atom. The standard InChI is InChI=1S/C24H24F2N2O3S2/c1-17-12-13-32-23(17)15-27(14-18-2-4-19(25)5-3-18)24(29)16-28(21-8-9-21)33(30,31)22-10-6-20(26)7-11-22/h2-7,10-13,21H,8-9,14-16H2,1H3. The van der Waals surface area contributed by atoms with E-state index in [4.69, 9.17) is 0 Å². The maximum absolute atomic E-state index is 13.4. The second-order valence-corrected chi connectivity index (χ2v) is 11.0. The molecule has 0 N–H and O–H groups in total. The van der Waals surface area contributed by atoms with Gasteiger partial charge in [-0.2, -0.15) is 4.31 Å². The summed E-state index contributed by atoms with van der Waals surface area (Å²) in [4.78, 5) is 16.0. The Hall–Kier alpha value is -2.62. The largest absolute Gasteiger partial charge is 0.332 e. The maximum Gasteiger partial charge on any atom is 0.243 e. The molecule has 0 radical (unpaired) electrons. The number of hydrogen-bond acceptors (Lipinski definition) is 4. The predicted molar refractivity (Wildman–Crippen MR) is 123 cm³/mol. The van der Waals surface area contributed by atoms with Crippen molar-refractivity contribution in [3.8, 4) is 0 Å². The highest BCUT2D eigenvalue weighted by Crippen LogP contribution is 2.32. The van der Waals surface area contributed by atoms with Crippen LogP contribution in [-0.2, 0) is 27.9 Å². The first kappa shape index (κ1) is 23.5. The summed E-state index contributed by atoms with van der Waals surface area (Å²) in [6.07, 6.45) is 1.35. The van der Waals surface area contributed by atoms with Crippen LogP contribution in [0.15, 0.2) is 64.9 Å². The number of amides is 1. The van der Waals surface area contributed by atoms with Gasteiger partial charge in [0.05, 0.1) is 18.0 Å². The van der Waals surface area contributed by atoms with Crippen molar-refractivity contribution < 1.29 is 22.0 Å². The van der Waals surface area contributed by atoms with Gasteiger partial charge in [0.1, 0.15) is 11.6 Å². The Labute approximate surface area is 196 Å². The van der Waals surface area contributed by atoms with Crippen LogP contribution in [0.25, 0.3) is 0 Å². The Kier molecular flexibility index (Phi) is 6.92. The summed E-state index contributed by atoms with van der Waals surface area (Å²) < 4.78 is 54.4. The number of nitrogens with zero attached hydrogens (tertiary/aromatic N) is 2. The molecule has 1 fully saturated rings. The fraction of sp³-hybridized carbons (Fsp3) is 0.292. The Morgan fingerprint density at radius 1 is 0.970 bits per heavy atom. The van der Waals surface area contributed by atoms with Crippen LogP contribution in [0.4, 0.5) is 8.78 Å². The number of rotatable bonds is 9. The third kappa shape index (κ3) is 5.66. The van der Waals surface area contributed by atoms with E-state index in [-0.39, 0.29) is 35.8 Å². The van der Waals surface area contributed by atoms with E-state index in [0.29, 0.717) is 19.4 Å². The van der Waals surface area contributed by atoms with Crippen LogP contribution < -0.4 is 0 Å². The zero-order valence-corrected chi connectivity index (χ0v) is 19.7. The monoisotopic (exact) mass is 490 g/mol. The molecule has 4 rings (SSSR count). The minimum atomic E-state index is -3.96. The lowest BCUT2D eigenvalue weighted by Gasteiger charge is -2.27. The van der Waals surface area contributed by atoms with Crippen LogP contribution >= 0.6 is 11.3 Å². The zero-order valence-electron chi connectivity index (χ0n) is 18.1. The van der Waals surface area contributed by atoms with Crippen molar-refractivity contribution in [3.63, 3.8) is 0 Å². The van der Waals surface area contributed by atoms with Gasteiger partial charge < -0.3 is 4.90 Å². The minimum absolute atomic E-state index is 0.0391. The molecule has 0 atom stereocenters. The lowest BCUT2D eigenvalue weighted by atomic mass is 10.2. The van der Waals surface area contributed by atoms with Gasteiger partial charge in [0.2, 0.25) is 15.9 Å². The van der Waals surface area contributed by atoms with Crippen LogP contribution in [0.3, 0.4) is 0 Å². The van der Waals surface area contributed by atoms with E-state index in [2.05, 4.69) is 0 Å². The summed E-state index contributed by atoms with van der Waals surface area (Å²) >= 11 is 1.53. The third-order valence-corrected chi connectivity index (χ3v) is 8.53. The van der Waals surface area contributed by atoms with E-state index in [1.165, 1.54) is 39.9 Å². The van der Waals surface area contributed by atoms with Crippen LogP contribution in [0, 0.1) is 18.6 Å². The smallest absolute Gasteiger partial charge is 0.243 e. The highest BCUT2D eigenvalue weighted by Gasteiger charge is 2.40. The molecule has 3 aromatic rings. The summed E-state index contributed by atoms with van der Waals surface area (Å²) in [6, 6.07) is 12.3. The quantitative estimate of drug-likeness (QED) is 0.436. The summed E-state index contributed by atoms with van der Waals surface area (Å²) in [6.45, 7) is 2.21. The molecule has 1 aliphatic carbocycles. The van der Waals surface area contributed by atoms with E-state index in [9.17, 15) is 22.0 Å². The molecule has 33 heavy (non-hydrogen) atoms. The van der Waals surface area contributed by atoms with Crippen molar-refractivity contribution in [2.24, 2.45) is 0 Å². The second kappa shape index (κ2) is 9.70. The fourth-order valence-corrected chi connectivity index (χ4v) is 6.09. The van der Waals surface area contributed by atoms with Gasteiger partial charge in [-0.1, -0.05) is 12.1 Å². The number of carbonyl (C=O) groups excluding carboxylic acids is 1. The van der Waals surface area contributed by atoms with Crippen molar-refractivity contribution >= 4 is 27.3 Å². The van der Waals surface area contributed by atoms with Crippen LogP contribution in [0.2, 0.25) is 0 Å². The topological polar surface area (TPSA) is 57.7 Å². The Bertz CT molecular complexity index is 1220. The van der Waals surface area contributed by atoms with Crippen LogP contribution in [-0.4, -0.2) is 36.1 Å². The molecule has 0 unspecified atom stereocenters. The molecule has 1 amide bonds. The highest BCUT2D eigenvalue weighted by molar-refractivity contribution is 7.89. The fourth-order valence-electron chi connectivity index (χ4n) is 3.53. The second-order valence-electron chi connectivity index (χ2n) is 8.14. The maximum atomic E-state index is 13.4. The van der Waals surface area contributed by atoms with Gasteiger partial charge in [-0.15, -0.1) is 11.3 Å². The summed E-state index contributed by atoms with van der Waals surface area (Å²) in [5, 5.41) is 1.95. The summed E-state index contributed by atoms with van der Waals surface area (Å²) in [5.74, 6) is -1.24. The lowest BCUT2D eigenvalue weighted by molar-refractivity contribution is -0.132. The first-order valence-corrected chi connectivity index (χ1v) is 12.9. The molecular weight excluding hydrogens is 466 g/mol. The molecule has 1 heterocycles. The number of halogens is 2. The molecule has 1 aromatic heterocycles. The number of sulfonamides is 1. The van der Waals surface area contributed by atoms with Crippen molar-refractivity contribution in [1.29, 1.82) is 0 Å². The van der Waals surface area contributed by atoms with Crippen molar-refractivity contribution in [2.45, 2.75) is 43.8 Å². The minimum Gasteiger partial charge on any atom is -0.332 e. The molecular formula is C24H24F2N2O3S2. The summed E-state index contributed by atoms with van der Waals surface area (Å²) in [5.41, 5.74) is 1.80. The first-order chi connectivity index (χ1) is 15.7. The van der Waals surface area contributed by atoms with Gasteiger partial charge in [0.25, 0.3) is 0 Å². The highest BCUT2D eigenvalue weighted by atomic mass is 32.2. The number of hydrogen-bond donors (Lipinski definition) is 0. The van der Waals surface area contributed by atoms with E-state index in [1.54, 1.807) is 17.0 Å². The molecule has 174 valence electrons. The molecule has 5 nitrogen and oxygen atoms in total. The molecule has 2 aromatic carbocycles.